The predicted octanol–water partition coefficient (Wildman–Crippen LogP) is 2.71. The summed E-state index contributed by atoms with van der Waals surface area (Å²) in [5.41, 5.74) is 0.340. The van der Waals surface area contributed by atoms with Crippen molar-refractivity contribution in [2.75, 3.05) is 0 Å². The Labute approximate surface area is 111 Å². The lowest BCUT2D eigenvalue weighted by Gasteiger charge is -2.13. The third kappa shape index (κ3) is 2.12. The minimum Gasteiger partial charge on any atom is -0.285 e. The van der Waals surface area contributed by atoms with Gasteiger partial charge in [0.05, 0.1) is 10.9 Å². The molecule has 0 saturated heterocycles. The van der Waals surface area contributed by atoms with Crippen molar-refractivity contribution in [1.82, 2.24) is 9.78 Å². The van der Waals surface area contributed by atoms with Crippen molar-refractivity contribution >= 4 is 38.7 Å². The van der Waals surface area contributed by atoms with Gasteiger partial charge in [0, 0.05) is 10.5 Å². The largest absolute Gasteiger partial charge is 0.285 e. The van der Waals surface area contributed by atoms with Gasteiger partial charge >= 0.3 is 0 Å². The lowest BCUT2D eigenvalue weighted by molar-refractivity contribution is 0.541. The Morgan fingerprint density at radius 2 is 2.17 bits per heavy atom. The van der Waals surface area contributed by atoms with E-state index in [-0.39, 0.29) is 17.3 Å². The van der Waals surface area contributed by atoms with Crippen molar-refractivity contribution in [3.05, 3.63) is 32.9 Å². The second-order valence-corrected chi connectivity index (χ2v) is 4.97. The number of aliphatic imine (C=N–C) groups is 1. The Bertz CT molecular complexity index is 715. The van der Waals surface area contributed by atoms with Crippen LogP contribution in [0.3, 0.4) is 0 Å². The summed E-state index contributed by atoms with van der Waals surface area (Å²) in [6.45, 7) is 3.87. The molecule has 0 fully saturated rings. The topological polar surface area (TPSA) is 64.3 Å². The zero-order valence-electron chi connectivity index (χ0n) is 9.85. The number of halogens is 1. The summed E-state index contributed by atoms with van der Waals surface area (Å²) < 4.78 is 2.52. The highest BCUT2D eigenvalue weighted by Crippen LogP contribution is 2.21. The highest BCUT2D eigenvalue weighted by Gasteiger charge is 2.12. The van der Waals surface area contributed by atoms with Gasteiger partial charge in [0.1, 0.15) is 0 Å². The first-order valence-electron chi connectivity index (χ1n) is 5.34. The van der Waals surface area contributed by atoms with E-state index in [4.69, 9.17) is 0 Å². The van der Waals surface area contributed by atoms with Gasteiger partial charge in [-0.3, -0.25) is 9.48 Å². The average Bonchev–Trinajstić information content (AvgIpc) is 2.32. The number of fused-ring (bicyclic) bond motifs is 1. The van der Waals surface area contributed by atoms with Crippen molar-refractivity contribution in [3.8, 4) is 0 Å². The van der Waals surface area contributed by atoms with Gasteiger partial charge in [-0.15, -0.1) is 10.1 Å². The first kappa shape index (κ1) is 12.7. The van der Waals surface area contributed by atoms with Crippen LogP contribution in [0.5, 0.6) is 0 Å². The number of nitrogens with zero attached hydrogens (tertiary/aromatic N) is 3. The first-order chi connectivity index (χ1) is 8.54. The maximum absolute atomic E-state index is 12.0. The van der Waals surface area contributed by atoms with Crippen molar-refractivity contribution in [2.24, 2.45) is 4.99 Å². The highest BCUT2D eigenvalue weighted by molar-refractivity contribution is 9.10. The third-order valence-corrected chi connectivity index (χ3v) is 2.99. The Balaban J connectivity index is 2.96. The summed E-state index contributed by atoms with van der Waals surface area (Å²) in [7, 11) is 0. The molecule has 6 heteroatoms. The second kappa shape index (κ2) is 4.84. The summed E-state index contributed by atoms with van der Waals surface area (Å²) >= 11 is 3.36. The van der Waals surface area contributed by atoms with Gasteiger partial charge in [-0.05, 0) is 32.0 Å². The normalized spacial score (nSPS) is 10.7. The SMILES string of the molecule is CC(C)n1nc(N=C=O)c(=O)c2ccc(Br)cc21. The van der Waals surface area contributed by atoms with E-state index in [1.54, 1.807) is 16.8 Å². The van der Waals surface area contributed by atoms with Crippen LogP contribution in [0.4, 0.5) is 5.82 Å². The number of aromatic nitrogens is 2. The summed E-state index contributed by atoms with van der Waals surface area (Å²) in [4.78, 5) is 25.7. The van der Waals surface area contributed by atoms with Crippen LogP contribution in [-0.4, -0.2) is 15.9 Å². The fourth-order valence-corrected chi connectivity index (χ4v) is 2.07. The minimum absolute atomic E-state index is 0.0444. The number of hydrogen-bond donors (Lipinski definition) is 0. The standard InChI is InChI=1S/C12H10BrN3O2/c1-7(2)16-10-5-8(13)3-4-9(10)11(18)12(15-16)14-6-17/h3-5,7H,1-2H3. The van der Waals surface area contributed by atoms with Crippen molar-refractivity contribution in [3.63, 3.8) is 0 Å². The monoisotopic (exact) mass is 307 g/mol. The molecule has 0 bridgehead atoms. The number of carbonyl (C=O) groups excluding carboxylic acids is 1. The molecule has 5 nitrogen and oxygen atoms in total. The Morgan fingerprint density at radius 3 is 2.78 bits per heavy atom. The summed E-state index contributed by atoms with van der Waals surface area (Å²) in [6.07, 6.45) is 1.36. The molecule has 0 unspecified atom stereocenters. The van der Waals surface area contributed by atoms with Gasteiger partial charge in [-0.2, -0.15) is 0 Å². The molecule has 0 atom stereocenters. The average molecular weight is 308 g/mol. The molecule has 0 aliphatic rings. The quantitative estimate of drug-likeness (QED) is 0.633. The van der Waals surface area contributed by atoms with Crippen LogP contribution >= 0.6 is 15.9 Å². The zero-order chi connectivity index (χ0) is 13.3. The summed E-state index contributed by atoms with van der Waals surface area (Å²) in [5.74, 6) is -0.131. The number of isocyanates is 1. The Morgan fingerprint density at radius 1 is 1.44 bits per heavy atom. The Kier molecular flexibility index (Phi) is 3.41. The van der Waals surface area contributed by atoms with Crippen LogP contribution < -0.4 is 5.43 Å². The van der Waals surface area contributed by atoms with Crippen LogP contribution in [0.15, 0.2) is 32.5 Å². The van der Waals surface area contributed by atoms with Crippen LogP contribution in [0.25, 0.3) is 10.9 Å². The van der Waals surface area contributed by atoms with Crippen LogP contribution in [0, 0.1) is 0 Å². The first-order valence-corrected chi connectivity index (χ1v) is 6.14. The molecule has 18 heavy (non-hydrogen) atoms. The minimum atomic E-state index is -0.363. The highest BCUT2D eigenvalue weighted by atomic mass is 79.9. The van der Waals surface area contributed by atoms with E-state index in [9.17, 15) is 9.59 Å². The lowest BCUT2D eigenvalue weighted by atomic mass is 10.2. The second-order valence-electron chi connectivity index (χ2n) is 4.06. The summed E-state index contributed by atoms with van der Waals surface area (Å²) in [5, 5.41) is 4.57. The molecule has 0 spiro atoms. The molecule has 0 radical (unpaired) electrons. The molecule has 2 aromatic rings. The molecule has 1 aromatic carbocycles. The number of rotatable bonds is 2. The molecular formula is C12H10BrN3O2. The maximum atomic E-state index is 12.0. The third-order valence-electron chi connectivity index (χ3n) is 2.50. The smallest absolute Gasteiger partial charge is 0.242 e. The van der Waals surface area contributed by atoms with Gasteiger partial charge in [-0.1, -0.05) is 15.9 Å². The van der Waals surface area contributed by atoms with Gasteiger partial charge in [0.25, 0.3) is 0 Å². The van der Waals surface area contributed by atoms with Crippen LogP contribution in [0.2, 0.25) is 0 Å². The molecule has 0 amide bonds. The predicted molar refractivity (Wildman–Crippen MR) is 71.9 cm³/mol. The lowest BCUT2D eigenvalue weighted by Crippen LogP contribution is -2.15. The maximum Gasteiger partial charge on any atom is 0.242 e. The van der Waals surface area contributed by atoms with Crippen molar-refractivity contribution < 1.29 is 4.79 Å². The van der Waals surface area contributed by atoms with Crippen molar-refractivity contribution in [2.45, 2.75) is 19.9 Å². The zero-order valence-corrected chi connectivity index (χ0v) is 11.4. The molecule has 2 rings (SSSR count). The number of hydrogen-bond acceptors (Lipinski definition) is 4. The van der Waals surface area contributed by atoms with Crippen LogP contribution in [-0.2, 0) is 4.79 Å². The Hall–Kier alpha value is -1.78. The van der Waals surface area contributed by atoms with E-state index in [1.807, 2.05) is 19.9 Å². The van der Waals surface area contributed by atoms with E-state index in [1.165, 1.54) is 6.08 Å². The summed E-state index contributed by atoms with van der Waals surface area (Å²) in [6, 6.07) is 5.32. The van der Waals surface area contributed by atoms with Crippen LogP contribution in [0.1, 0.15) is 19.9 Å². The van der Waals surface area contributed by atoms with Crippen molar-refractivity contribution in [1.29, 1.82) is 0 Å². The molecule has 0 aliphatic carbocycles. The molecular weight excluding hydrogens is 298 g/mol. The fraction of sp³-hybridized carbons (Fsp3) is 0.250. The van der Waals surface area contributed by atoms with Gasteiger partial charge in [0.2, 0.25) is 17.3 Å². The van der Waals surface area contributed by atoms with Gasteiger partial charge in [0.15, 0.2) is 0 Å². The molecule has 0 N–H and O–H groups in total. The molecule has 0 aliphatic heterocycles. The van der Waals surface area contributed by atoms with Gasteiger partial charge < -0.3 is 0 Å². The van der Waals surface area contributed by atoms with E-state index in [0.29, 0.717) is 10.9 Å². The van der Waals surface area contributed by atoms with Gasteiger partial charge in [-0.25, -0.2) is 4.79 Å². The molecule has 0 saturated carbocycles. The van der Waals surface area contributed by atoms with E-state index >= 15 is 0 Å². The van der Waals surface area contributed by atoms with E-state index in [0.717, 1.165) is 4.47 Å². The molecule has 1 aromatic heterocycles. The van der Waals surface area contributed by atoms with E-state index in [2.05, 4.69) is 26.0 Å². The van der Waals surface area contributed by atoms with E-state index < -0.39 is 0 Å². The molecule has 1 heterocycles. The fourth-order valence-electron chi connectivity index (χ4n) is 1.72. The molecule has 92 valence electrons. The number of benzene rings is 1.